The van der Waals surface area contributed by atoms with E-state index in [1.165, 1.54) is 4.88 Å². The van der Waals surface area contributed by atoms with Crippen LogP contribution in [0.2, 0.25) is 0 Å². The molecule has 1 N–H and O–H groups in total. The molecule has 0 radical (unpaired) electrons. The second-order valence-corrected chi connectivity index (χ2v) is 6.94. The average Bonchev–Trinajstić information content (AvgIpc) is 3.24. The Morgan fingerprint density at radius 1 is 1.52 bits per heavy atom. The topological polar surface area (TPSA) is 50.2 Å². The molecule has 3 rings (SSSR count). The van der Waals surface area contributed by atoms with Gasteiger partial charge in [0.15, 0.2) is 0 Å². The number of halogens is 1. The van der Waals surface area contributed by atoms with Gasteiger partial charge in [0, 0.05) is 44.2 Å². The van der Waals surface area contributed by atoms with Gasteiger partial charge in [0.2, 0.25) is 5.91 Å². The Morgan fingerprint density at radius 2 is 2.30 bits per heavy atom. The Morgan fingerprint density at radius 3 is 2.91 bits per heavy atom. The number of nitrogens with zero attached hydrogens (tertiary/aromatic N) is 3. The van der Waals surface area contributed by atoms with Gasteiger partial charge in [-0.05, 0) is 23.9 Å². The first-order chi connectivity index (χ1) is 10.6. The second-order valence-electron chi connectivity index (χ2n) is 5.96. The van der Waals surface area contributed by atoms with Crippen molar-refractivity contribution in [1.29, 1.82) is 0 Å². The van der Waals surface area contributed by atoms with Gasteiger partial charge >= 0.3 is 0 Å². The number of carbonyl (C=O) groups excluding carboxylic acids is 1. The zero-order chi connectivity index (χ0) is 15.7. The van der Waals surface area contributed by atoms with Crippen LogP contribution in [0.4, 0.5) is 0 Å². The standard InChI is InChI=1S/C16H22N4OS.ClH/c1-11(15-5-4-6-22-15)20(3)16(21)14-9-17-8-13(14)12-7-18-19(2)10-12;/h4-7,10-11,13-14,17H,8-9H2,1-3H3;1H/t11?,13-,14+;/m1./s1. The summed E-state index contributed by atoms with van der Waals surface area (Å²) in [6.45, 7) is 3.66. The van der Waals surface area contributed by atoms with Crippen LogP contribution in [0.25, 0.3) is 0 Å². The molecule has 0 bridgehead atoms. The molecule has 1 aliphatic heterocycles. The zero-order valence-electron chi connectivity index (χ0n) is 13.6. The number of aryl methyl sites for hydroxylation is 1. The summed E-state index contributed by atoms with van der Waals surface area (Å²) in [4.78, 5) is 16.0. The maximum absolute atomic E-state index is 12.9. The van der Waals surface area contributed by atoms with Gasteiger partial charge in [0.25, 0.3) is 0 Å². The third-order valence-corrected chi connectivity index (χ3v) is 5.61. The van der Waals surface area contributed by atoms with Crippen LogP contribution in [0.15, 0.2) is 29.9 Å². The van der Waals surface area contributed by atoms with Crippen LogP contribution >= 0.6 is 23.7 Å². The molecule has 0 aliphatic carbocycles. The van der Waals surface area contributed by atoms with Crippen LogP contribution in [-0.4, -0.2) is 40.7 Å². The van der Waals surface area contributed by atoms with Gasteiger partial charge in [-0.25, -0.2) is 0 Å². The minimum Gasteiger partial charge on any atom is -0.338 e. The molecule has 3 heterocycles. The molecule has 1 unspecified atom stereocenters. The highest BCUT2D eigenvalue weighted by atomic mass is 35.5. The van der Waals surface area contributed by atoms with E-state index in [2.05, 4.69) is 28.8 Å². The van der Waals surface area contributed by atoms with Crippen molar-refractivity contribution >= 4 is 29.7 Å². The number of hydrogen-bond donors (Lipinski definition) is 1. The molecular weight excluding hydrogens is 332 g/mol. The maximum Gasteiger partial charge on any atom is 0.227 e. The van der Waals surface area contributed by atoms with Crippen LogP contribution in [-0.2, 0) is 11.8 Å². The highest BCUT2D eigenvalue weighted by molar-refractivity contribution is 7.10. The van der Waals surface area contributed by atoms with E-state index < -0.39 is 0 Å². The van der Waals surface area contributed by atoms with E-state index in [4.69, 9.17) is 0 Å². The summed E-state index contributed by atoms with van der Waals surface area (Å²) in [6.07, 6.45) is 3.89. The molecule has 0 aromatic carbocycles. The highest BCUT2D eigenvalue weighted by Crippen LogP contribution is 2.32. The van der Waals surface area contributed by atoms with E-state index in [1.807, 2.05) is 37.5 Å². The lowest BCUT2D eigenvalue weighted by Gasteiger charge is -2.28. The van der Waals surface area contributed by atoms with Crippen molar-refractivity contribution in [3.05, 3.63) is 40.3 Å². The lowest BCUT2D eigenvalue weighted by molar-refractivity contribution is -0.135. The van der Waals surface area contributed by atoms with Crippen molar-refractivity contribution in [1.82, 2.24) is 20.0 Å². The van der Waals surface area contributed by atoms with E-state index in [-0.39, 0.29) is 36.2 Å². The Kier molecular flexibility index (Phi) is 5.84. The van der Waals surface area contributed by atoms with Crippen LogP contribution in [0, 0.1) is 5.92 Å². The first-order valence-corrected chi connectivity index (χ1v) is 8.45. The number of aromatic nitrogens is 2. The van der Waals surface area contributed by atoms with Gasteiger partial charge < -0.3 is 10.2 Å². The van der Waals surface area contributed by atoms with Crippen molar-refractivity contribution in [2.75, 3.05) is 20.1 Å². The van der Waals surface area contributed by atoms with Crippen LogP contribution in [0.3, 0.4) is 0 Å². The lowest BCUT2D eigenvalue weighted by atomic mass is 9.89. The molecular formula is C16H23ClN4OS. The van der Waals surface area contributed by atoms with Crippen molar-refractivity contribution in [2.45, 2.75) is 18.9 Å². The molecule has 3 atom stereocenters. The van der Waals surface area contributed by atoms with Gasteiger partial charge in [-0.1, -0.05) is 6.07 Å². The van der Waals surface area contributed by atoms with Gasteiger partial charge in [0.05, 0.1) is 18.2 Å². The largest absolute Gasteiger partial charge is 0.338 e. The van der Waals surface area contributed by atoms with Crippen LogP contribution < -0.4 is 5.32 Å². The van der Waals surface area contributed by atoms with E-state index in [0.717, 1.165) is 18.7 Å². The minimum absolute atomic E-state index is 0. The third kappa shape index (κ3) is 3.59. The van der Waals surface area contributed by atoms with Crippen molar-refractivity contribution in [2.24, 2.45) is 13.0 Å². The molecule has 1 fully saturated rings. The smallest absolute Gasteiger partial charge is 0.227 e. The normalized spacial score (nSPS) is 21.7. The third-order valence-electron chi connectivity index (χ3n) is 4.57. The summed E-state index contributed by atoms with van der Waals surface area (Å²) in [7, 11) is 3.82. The molecule has 23 heavy (non-hydrogen) atoms. The number of hydrogen-bond acceptors (Lipinski definition) is 4. The number of rotatable bonds is 4. The Hall–Kier alpha value is -1.37. The lowest BCUT2D eigenvalue weighted by Crippen LogP contribution is -2.37. The predicted molar refractivity (Wildman–Crippen MR) is 95.1 cm³/mol. The highest BCUT2D eigenvalue weighted by Gasteiger charge is 2.37. The van der Waals surface area contributed by atoms with Crippen LogP contribution in [0.5, 0.6) is 0 Å². The summed E-state index contributed by atoms with van der Waals surface area (Å²) in [5.74, 6) is 0.399. The van der Waals surface area contributed by atoms with E-state index in [0.29, 0.717) is 0 Å². The molecule has 5 nitrogen and oxygen atoms in total. The maximum atomic E-state index is 12.9. The van der Waals surface area contributed by atoms with Crippen molar-refractivity contribution in [3.63, 3.8) is 0 Å². The van der Waals surface area contributed by atoms with E-state index in [1.54, 1.807) is 16.0 Å². The van der Waals surface area contributed by atoms with Gasteiger partial charge in [-0.3, -0.25) is 9.48 Å². The molecule has 1 amide bonds. The summed E-state index contributed by atoms with van der Waals surface area (Å²) in [5.41, 5.74) is 1.14. The number of carbonyl (C=O) groups is 1. The number of nitrogens with one attached hydrogen (secondary N) is 1. The number of thiophene rings is 1. The predicted octanol–water partition coefficient (Wildman–Crippen LogP) is 2.43. The van der Waals surface area contributed by atoms with Crippen LogP contribution in [0.1, 0.15) is 29.3 Å². The fraction of sp³-hybridized carbons (Fsp3) is 0.500. The summed E-state index contributed by atoms with van der Waals surface area (Å²) < 4.78 is 1.80. The summed E-state index contributed by atoms with van der Waals surface area (Å²) >= 11 is 1.70. The number of amides is 1. The Bertz CT molecular complexity index is 642. The second kappa shape index (κ2) is 7.47. The molecule has 2 aromatic heterocycles. The fourth-order valence-corrected chi connectivity index (χ4v) is 3.92. The average molecular weight is 355 g/mol. The van der Waals surface area contributed by atoms with Crippen molar-refractivity contribution in [3.8, 4) is 0 Å². The molecule has 126 valence electrons. The SMILES string of the molecule is CC(c1cccs1)N(C)C(=O)[C@H]1CNC[C@@H]1c1cnn(C)c1.Cl. The van der Waals surface area contributed by atoms with E-state index in [9.17, 15) is 4.79 Å². The molecule has 0 saturated carbocycles. The Labute approximate surface area is 147 Å². The minimum atomic E-state index is -0.0170. The molecule has 1 saturated heterocycles. The first-order valence-electron chi connectivity index (χ1n) is 7.57. The molecule has 0 spiro atoms. The first kappa shape index (κ1) is 18.0. The van der Waals surface area contributed by atoms with Crippen molar-refractivity contribution < 1.29 is 4.79 Å². The fourth-order valence-electron chi connectivity index (χ4n) is 3.09. The molecule has 2 aromatic rings. The van der Waals surface area contributed by atoms with Gasteiger partial charge in [0.1, 0.15) is 0 Å². The summed E-state index contributed by atoms with van der Waals surface area (Å²) in [6, 6.07) is 4.23. The van der Waals surface area contributed by atoms with Gasteiger partial charge in [-0.2, -0.15) is 5.10 Å². The Balaban J connectivity index is 0.00000192. The zero-order valence-corrected chi connectivity index (χ0v) is 15.2. The van der Waals surface area contributed by atoms with E-state index >= 15 is 0 Å². The van der Waals surface area contributed by atoms with Gasteiger partial charge in [-0.15, -0.1) is 23.7 Å². The quantitative estimate of drug-likeness (QED) is 0.917. The summed E-state index contributed by atoms with van der Waals surface area (Å²) in [5, 5.41) is 9.65. The molecule has 7 heteroatoms. The monoisotopic (exact) mass is 354 g/mol. The molecule has 1 aliphatic rings.